The molecule has 0 spiro atoms. The molecular weight excluding hydrogens is 288 g/mol. The van der Waals surface area contributed by atoms with E-state index < -0.39 is 5.97 Å². The van der Waals surface area contributed by atoms with Crippen LogP contribution in [-0.2, 0) is 0 Å². The number of pyridine rings is 1. The molecule has 0 bridgehead atoms. The van der Waals surface area contributed by atoms with Gasteiger partial charge in [0.15, 0.2) is 0 Å². The van der Waals surface area contributed by atoms with Crippen molar-refractivity contribution in [1.29, 1.82) is 0 Å². The second-order valence-corrected chi connectivity index (χ2v) is 5.11. The molecule has 6 heteroatoms. The first-order chi connectivity index (χ1) is 10.0. The minimum atomic E-state index is -1.08. The van der Waals surface area contributed by atoms with Gasteiger partial charge in [-0.25, -0.2) is 9.78 Å². The maximum Gasteiger partial charge on any atom is 0.337 e. The molecule has 2 rings (SSSR count). The number of anilines is 1. The quantitative estimate of drug-likeness (QED) is 0.849. The average molecular weight is 302 g/mol. The van der Waals surface area contributed by atoms with Crippen molar-refractivity contribution in [3.63, 3.8) is 0 Å². The Morgan fingerprint density at radius 2 is 1.90 bits per heavy atom. The van der Waals surface area contributed by atoms with E-state index >= 15 is 0 Å². The zero-order valence-electron chi connectivity index (χ0n) is 11.6. The van der Waals surface area contributed by atoms with Crippen molar-refractivity contribution >= 4 is 29.3 Å². The van der Waals surface area contributed by atoms with Gasteiger partial charge in [0.05, 0.1) is 16.8 Å². The highest BCUT2D eigenvalue weighted by atomic mass is 32.2. The summed E-state index contributed by atoms with van der Waals surface area (Å²) in [5.74, 6) is -1.45. The molecule has 0 fully saturated rings. The van der Waals surface area contributed by atoms with Crippen molar-refractivity contribution in [2.24, 2.45) is 0 Å². The zero-order valence-corrected chi connectivity index (χ0v) is 12.4. The summed E-state index contributed by atoms with van der Waals surface area (Å²) in [6, 6.07) is 8.19. The number of carbonyl (C=O) groups excluding carboxylic acids is 1. The van der Waals surface area contributed by atoms with Crippen LogP contribution in [0.4, 0.5) is 5.69 Å². The van der Waals surface area contributed by atoms with Crippen molar-refractivity contribution in [1.82, 2.24) is 4.98 Å². The molecule has 0 aliphatic rings. The number of nitrogens with one attached hydrogen (secondary N) is 1. The number of aryl methyl sites for hydroxylation is 1. The minimum absolute atomic E-state index is 0.0675. The summed E-state index contributed by atoms with van der Waals surface area (Å²) in [5, 5.41) is 12.5. The lowest BCUT2D eigenvalue weighted by molar-refractivity contribution is 0.0698. The number of aromatic nitrogens is 1. The van der Waals surface area contributed by atoms with Gasteiger partial charge in [0.1, 0.15) is 5.03 Å². The number of amides is 1. The summed E-state index contributed by atoms with van der Waals surface area (Å²) in [4.78, 5) is 27.7. The lowest BCUT2D eigenvalue weighted by atomic mass is 10.1. The Labute approximate surface area is 126 Å². The van der Waals surface area contributed by atoms with Crippen LogP contribution in [0.1, 0.15) is 26.3 Å². The van der Waals surface area contributed by atoms with Crippen molar-refractivity contribution in [2.45, 2.75) is 11.9 Å². The Morgan fingerprint density at radius 1 is 1.19 bits per heavy atom. The summed E-state index contributed by atoms with van der Waals surface area (Å²) in [7, 11) is 0. The SMILES string of the molecule is CSc1ncccc1C(=O)Nc1c(C)cccc1C(=O)O. The normalized spacial score (nSPS) is 10.2. The molecule has 2 aromatic rings. The molecule has 0 atom stereocenters. The highest BCUT2D eigenvalue weighted by Crippen LogP contribution is 2.23. The van der Waals surface area contributed by atoms with Gasteiger partial charge in [-0.05, 0) is 36.9 Å². The lowest BCUT2D eigenvalue weighted by Crippen LogP contribution is -2.17. The molecule has 1 aromatic carbocycles. The first-order valence-corrected chi connectivity index (χ1v) is 7.40. The van der Waals surface area contributed by atoms with Crippen LogP contribution in [-0.4, -0.2) is 28.2 Å². The molecule has 0 aliphatic heterocycles. The fourth-order valence-electron chi connectivity index (χ4n) is 1.92. The molecule has 108 valence electrons. The van der Waals surface area contributed by atoms with E-state index in [9.17, 15) is 14.7 Å². The maximum absolute atomic E-state index is 12.4. The summed E-state index contributed by atoms with van der Waals surface area (Å²) < 4.78 is 0. The van der Waals surface area contributed by atoms with E-state index in [-0.39, 0.29) is 11.5 Å². The molecule has 5 nitrogen and oxygen atoms in total. The molecule has 2 N–H and O–H groups in total. The highest BCUT2D eigenvalue weighted by molar-refractivity contribution is 7.98. The van der Waals surface area contributed by atoms with Gasteiger partial charge in [0.25, 0.3) is 5.91 Å². The van der Waals surface area contributed by atoms with Crippen LogP contribution in [0.3, 0.4) is 0 Å². The number of carboxylic acids is 1. The highest BCUT2D eigenvalue weighted by Gasteiger charge is 2.17. The molecule has 0 radical (unpaired) electrons. The van der Waals surface area contributed by atoms with Crippen LogP contribution in [0, 0.1) is 6.92 Å². The Balaban J connectivity index is 2.38. The Morgan fingerprint density at radius 3 is 2.57 bits per heavy atom. The van der Waals surface area contributed by atoms with E-state index in [1.807, 2.05) is 6.26 Å². The molecular formula is C15H14N2O3S. The smallest absolute Gasteiger partial charge is 0.337 e. The number of aromatic carboxylic acids is 1. The molecule has 0 saturated carbocycles. The van der Waals surface area contributed by atoms with Gasteiger partial charge < -0.3 is 10.4 Å². The Hall–Kier alpha value is -2.34. The predicted molar refractivity (Wildman–Crippen MR) is 82.1 cm³/mol. The molecule has 0 saturated heterocycles. The number of nitrogens with zero attached hydrogens (tertiary/aromatic N) is 1. The average Bonchev–Trinajstić information content (AvgIpc) is 2.48. The Bertz CT molecular complexity index is 701. The Kier molecular flexibility index (Phi) is 4.59. The van der Waals surface area contributed by atoms with Crippen LogP contribution < -0.4 is 5.32 Å². The van der Waals surface area contributed by atoms with Crippen LogP contribution in [0.5, 0.6) is 0 Å². The number of hydrogen-bond acceptors (Lipinski definition) is 4. The van der Waals surface area contributed by atoms with E-state index in [0.29, 0.717) is 21.8 Å². The second kappa shape index (κ2) is 6.41. The maximum atomic E-state index is 12.4. The monoisotopic (exact) mass is 302 g/mol. The fraction of sp³-hybridized carbons (Fsp3) is 0.133. The summed E-state index contributed by atoms with van der Waals surface area (Å²) in [5.41, 5.74) is 1.49. The van der Waals surface area contributed by atoms with Gasteiger partial charge >= 0.3 is 5.97 Å². The largest absolute Gasteiger partial charge is 0.478 e. The predicted octanol–water partition coefficient (Wildman–Crippen LogP) is 3.06. The third kappa shape index (κ3) is 3.22. The topological polar surface area (TPSA) is 79.3 Å². The number of rotatable bonds is 4. The van der Waals surface area contributed by atoms with Gasteiger partial charge in [0.2, 0.25) is 0 Å². The van der Waals surface area contributed by atoms with E-state index in [1.165, 1.54) is 17.8 Å². The van der Waals surface area contributed by atoms with Gasteiger partial charge in [-0.1, -0.05) is 12.1 Å². The van der Waals surface area contributed by atoms with Gasteiger partial charge in [-0.2, -0.15) is 0 Å². The molecule has 0 aliphatic carbocycles. The molecule has 1 heterocycles. The second-order valence-electron chi connectivity index (χ2n) is 4.32. The van der Waals surface area contributed by atoms with Crippen molar-refractivity contribution < 1.29 is 14.7 Å². The molecule has 1 aromatic heterocycles. The third-order valence-electron chi connectivity index (χ3n) is 2.95. The number of hydrogen-bond donors (Lipinski definition) is 2. The lowest BCUT2D eigenvalue weighted by Gasteiger charge is -2.12. The standard InChI is InChI=1S/C15H14N2O3S/c1-9-5-3-6-10(15(19)20)12(9)17-13(18)11-7-4-8-16-14(11)21-2/h3-8H,1-2H3,(H,17,18)(H,19,20). The first-order valence-electron chi connectivity index (χ1n) is 6.18. The number of carbonyl (C=O) groups is 2. The third-order valence-corrected chi connectivity index (χ3v) is 3.66. The van der Waals surface area contributed by atoms with Gasteiger partial charge in [-0.3, -0.25) is 4.79 Å². The van der Waals surface area contributed by atoms with E-state index in [1.54, 1.807) is 37.4 Å². The van der Waals surface area contributed by atoms with E-state index in [0.717, 1.165) is 0 Å². The minimum Gasteiger partial charge on any atom is -0.478 e. The molecule has 0 unspecified atom stereocenters. The van der Waals surface area contributed by atoms with Crippen molar-refractivity contribution in [3.8, 4) is 0 Å². The molecule has 1 amide bonds. The van der Waals surface area contributed by atoms with Gasteiger partial charge in [0, 0.05) is 6.20 Å². The van der Waals surface area contributed by atoms with Gasteiger partial charge in [-0.15, -0.1) is 11.8 Å². The summed E-state index contributed by atoms with van der Waals surface area (Å²) in [6.07, 6.45) is 3.44. The van der Waals surface area contributed by atoms with E-state index in [2.05, 4.69) is 10.3 Å². The van der Waals surface area contributed by atoms with Crippen molar-refractivity contribution in [2.75, 3.05) is 11.6 Å². The number of carboxylic acid groups (broad SMARTS) is 1. The first kappa shape index (κ1) is 15.1. The van der Waals surface area contributed by atoms with Crippen molar-refractivity contribution in [3.05, 3.63) is 53.2 Å². The summed E-state index contributed by atoms with van der Waals surface area (Å²) in [6.45, 7) is 1.75. The molecule has 21 heavy (non-hydrogen) atoms. The number of benzene rings is 1. The summed E-state index contributed by atoms with van der Waals surface area (Å²) >= 11 is 1.36. The van der Waals surface area contributed by atoms with Crippen LogP contribution in [0.15, 0.2) is 41.6 Å². The fourth-order valence-corrected chi connectivity index (χ4v) is 2.47. The number of thioether (sulfide) groups is 1. The van der Waals surface area contributed by atoms with Crippen LogP contribution >= 0.6 is 11.8 Å². The van der Waals surface area contributed by atoms with Crippen LogP contribution in [0.2, 0.25) is 0 Å². The number of para-hydroxylation sites is 1. The zero-order chi connectivity index (χ0) is 15.4. The van der Waals surface area contributed by atoms with Crippen LogP contribution in [0.25, 0.3) is 0 Å². The van der Waals surface area contributed by atoms with E-state index in [4.69, 9.17) is 0 Å².